The molecule has 0 fully saturated rings. The SMILES string of the molecule is CC(=O)SCC(O)C(O)c1ccc(-c2ccncc2)cc1. The van der Waals surface area contributed by atoms with Crippen LogP contribution in [0, 0.1) is 0 Å². The van der Waals surface area contributed by atoms with Gasteiger partial charge in [0.05, 0.1) is 6.10 Å². The molecule has 1 aromatic heterocycles. The summed E-state index contributed by atoms with van der Waals surface area (Å²) in [5.41, 5.74) is 2.68. The third-order valence-corrected chi connectivity index (χ3v) is 4.00. The van der Waals surface area contributed by atoms with Crippen molar-refractivity contribution in [1.82, 2.24) is 4.98 Å². The average molecular weight is 303 g/mol. The molecule has 0 saturated carbocycles. The zero-order valence-electron chi connectivity index (χ0n) is 11.6. The van der Waals surface area contributed by atoms with Crippen LogP contribution in [0.1, 0.15) is 18.6 Å². The molecule has 5 heteroatoms. The highest BCUT2D eigenvalue weighted by Gasteiger charge is 2.19. The summed E-state index contributed by atoms with van der Waals surface area (Å²) in [7, 11) is 0. The number of hydrogen-bond acceptors (Lipinski definition) is 5. The van der Waals surface area contributed by atoms with Crippen LogP contribution in [-0.2, 0) is 4.79 Å². The van der Waals surface area contributed by atoms with E-state index in [-0.39, 0.29) is 10.9 Å². The number of nitrogens with zero attached hydrogens (tertiary/aromatic N) is 1. The fraction of sp³-hybridized carbons (Fsp3) is 0.250. The van der Waals surface area contributed by atoms with Crippen LogP contribution in [0.25, 0.3) is 11.1 Å². The largest absolute Gasteiger partial charge is 0.389 e. The number of pyridine rings is 1. The Hall–Kier alpha value is -1.69. The number of rotatable bonds is 5. The van der Waals surface area contributed by atoms with Gasteiger partial charge in [0.25, 0.3) is 0 Å². The maximum Gasteiger partial charge on any atom is 0.185 e. The molecule has 0 amide bonds. The first-order valence-electron chi connectivity index (χ1n) is 6.58. The van der Waals surface area contributed by atoms with Crippen LogP contribution < -0.4 is 0 Å². The Labute approximate surface area is 127 Å². The summed E-state index contributed by atoms with van der Waals surface area (Å²) >= 11 is 1.01. The molecule has 0 spiro atoms. The summed E-state index contributed by atoms with van der Waals surface area (Å²) in [6, 6.07) is 11.1. The number of carbonyl (C=O) groups is 1. The van der Waals surface area contributed by atoms with Gasteiger partial charge in [0.15, 0.2) is 5.12 Å². The van der Waals surface area contributed by atoms with Crippen molar-refractivity contribution in [2.75, 3.05) is 5.75 Å². The smallest absolute Gasteiger partial charge is 0.185 e. The molecule has 2 aromatic rings. The highest BCUT2D eigenvalue weighted by molar-refractivity contribution is 8.13. The molecule has 110 valence electrons. The van der Waals surface area contributed by atoms with Crippen molar-refractivity contribution in [2.45, 2.75) is 19.1 Å². The zero-order valence-corrected chi connectivity index (χ0v) is 12.5. The number of carbonyl (C=O) groups excluding carboxylic acids is 1. The van der Waals surface area contributed by atoms with E-state index in [1.165, 1.54) is 6.92 Å². The van der Waals surface area contributed by atoms with Gasteiger partial charge in [0.1, 0.15) is 6.10 Å². The molecule has 1 heterocycles. The van der Waals surface area contributed by atoms with Crippen LogP contribution in [0.15, 0.2) is 48.8 Å². The Balaban J connectivity index is 2.06. The third-order valence-electron chi connectivity index (χ3n) is 3.09. The van der Waals surface area contributed by atoms with Crippen molar-refractivity contribution in [3.05, 3.63) is 54.4 Å². The van der Waals surface area contributed by atoms with Gasteiger partial charge >= 0.3 is 0 Å². The second kappa shape index (κ2) is 7.36. The summed E-state index contributed by atoms with van der Waals surface area (Å²) in [4.78, 5) is 14.8. The Bertz CT molecular complexity index is 586. The van der Waals surface area contributed by atoms with E-state index in [1.54, 1.807) is 24.5 Å². The fourth-order valence-electron chi connectivity index (χ4n) is 1.93. The van der Waals surface area contributed by atoms with Crippen LogP contribution in [0.2, 0.25) is 0 Å². The Morgan fingerprint density at radius 2 is 1.67 bits per heavy atom. The highest BCUT2D eigenvalue weighted by atomic mass is 32.2. The Morgan fingerprint density at radius 1 is 1.10 bits per heavy atom. The minimum atomic E-state index is -0.997. The van der Waals surface area contributed by atoms with Crippen LogP contribution in [-0.4, -0.2) is 32.2 Å². The van der Waals surface area contributed by atoms with E-state index in [0.717, 1.165) is 22.9 Å². The molecule has 0 bridgehead atoms. The first-order chi connectivity index (χ1) is 10.1. The number of benzene rings is 1. The van der Waals surface area contributed by atoms with E-state index in [9.17, 15) is 15.0 Å². The standard InChI is InChI=1S/C16H17NO3S/c1-11(18)21-10-15(19)16(20)14-4-2-12(3-5-14)13-6-8-17-9-7-13/h2-9,15-16,19-20H,10H2,1H3. The lowest BCUT2D eigenvalue weighted by atomic mass is 10.0. The normalized spacial score (nSPS) is 13.7. The van der Waals surface area contributed by atoms with E-state index < -0.39 is 12.2 Å². The van der Waals surface area contributed by atoms with Gasteiger partial charge in [-0.3, -0.25) is 9.78 Å². The van der Waals surface area contributed by atoms with Gasteiger partial charge in [-0.05, 0) is 28.8 Å². The van der Waals surface area contributed by atoms with Crippen molar-refractivity contribution < 1.29 is 15.0 Å². The van der Waals surface area contributed by atoms with Crippen molar-refractivity contribution >= 4 is 16.9 Å². The van der Waals surface area contributed by atoms with E-state index in [1.807, 2.05) is 24.3 Å². The van der Waals surface area contributed by atoms with E-state index in [2.05, 4.69) is 4.98 Å². The van der Waals surface area contributed by atoms with E-state index >= 15 is 0 Å². The predicted molar refractivity (Wildman–Crippen MR) is 83.8 cm³/mol. The molecule has 0 radical (unpaired) electrons. The minimum absolute atomic E-state index is 0.0747. The molecule has 2 unspecified atom stereocenters. The lowest BCUT2D eigenvalue weighted by Crippen LogP contribution is -2.21. The lowest BCUT2D eigenvalue weighted by Gasteiger charge is -2.17. The number of aromatic nitrogens is 1. The van der Waals surface area contributed by atoms with Crippen molar-refractivity contribution in [3.8, 4) is 11.1 Å². The van der Waals surface area contributed by atoms with Crippen molar-refractivity contribution in [2.24, 2.45) is 0 Å². The molecule has 0 aliphatic carbocycles. The Kier molecular flexibility index (Phi) is 5.50. The van der Waals surface area contributed by atoms with Crippen LogP contribution >= 0.6 is 11.8 Å². The molecule has 21 heavy (non-hydrogen) atoms. The number of aliphatic hydroxyl groups excluding tert-OH is 2. The number of aliphatic hydroxyl groups is 2. The topological polar surface area (TPSA) is 70.4 Å². The first kappa shape index (κ1) is 15.7. The zero-order chi connectivity index (χ0) is 15.2. The molecule has 2 rings (SSSR count). The molecule has 2 atom stereocenters. The minimum Gasteiger partial charge on any atom is -0.389 e. The van der Waals surface area contributed by atoms with Gasteiger partial charge < -0.3 is 10.2 Å². The summed E-state index contributed by atoms with van der Waals surface area (Å²) < 4.78 is 0. The fourth-order valence-corrected chi connectivity index (χ4v) is 2.52. The molecule has 2 N–H and O–H groups in total. The van der Waals surface area contributed by atoms with Crippen LogP contribution in [0.5, 0.6) is 0 Å². The molecule has 1 aromatic carbocycles. The van der Waals surface area contributed by atoms with Crippen molar-refractivity contribution in [1.29, 1.82) is 0 Å². The molecular formula is C16H17NO3S. The van der Waals surface area contributed by atoms with Gasteiger partial charge in [-0.2, -0.15) is 0 Å². The summed E-state index contributed by atoms with van der Waals surface area (Å²) in [6.07, 6.45) is 1.48. The average Bonchev–Trinajstić information content (AvgIpc) is 2.53. The quantitative estimate of drug-likeness (QED) is 0.887. The second-order valence-electron chi connectivity index (χ2n) is 4.67. The molecule has 0 aliphatic rings. The summed E-state index contributed by atoms with van der Waals surface area (Å²) in [5.74, 6) is 0.183. The first-order valence-corrected chi connectivity index (χ1v) is 7.56. The van der Waals surface area contributed by atoms with E-state index in [4.69, 9.17) is 0 Å². The summed E-state index contributed by atoms with van der Waals surface area (Å²) in [6.45, 7) is 1.44. The van der Waals surface area contributed by atoms with Gasteiger partial charge in [-0.15, -0.1) is 0 Å². The molecule has 0 saturated heterocycles. The van der Waals surface area contributed by atoms with Gasteiger partial charge in [-0.1, -0.05) is 36.0 Å². The highest BCUT2D eigenvalue weighted by Crippen LogP contribution is 2.24. The second-order valence-corrected chi connectivity index (χ2v) is 5.87. The van der Waals surface area contributed by atoms with Gasteiger partial charge in [0, 0.05) is 25.1 Å². The van der Waals surface area contributed by atoms with Crippen LogP contribution in [0.3, 0.4) is 0 Å². The van der Waals surface area contributed by atoms with E-state index in [0.29, 0.717) is 5.56 Å². The number of hydrogen-bond donors (Lipinski definition) is 2. The monoisotopic (exact) mass is 303 g/mol. The van der Waals surface area contributed by atoms with Crippen molar-refractivity contribution in [3.63, 3.8) is 0 Å². The molecular weight excluding hydrogens is 286 g/mol. The third kappa shape index (κ3) is 4.39. The van der Waals surface area contributed by atoms with Crippen LogP contribution in [0.4, 0.5) is 0 Å². The molecule has 4 nitrogen and oxygen atoms in total. The maximum absolute atomic E-state index is 10.9. The predicted octanol–water partition coefficient (Wildman–Crippen LogP) is 2.42. The van der Waals surface area contributed by atoms with Gasteiger partial charge in [0.2, 0.25) is 0 Å². The lowest BCUT2D eigenvalue weighted by molar-refractivity contribution is -0.109. The Morgan fingerprint density at radius 3 is 2.24 bits per heavy atom. The number of thioether (sulfide) groups is 1. The van der Waals surface area contributed by atoms with Gasteiger partial charge in [-0.25, -0.2) is 0 Å². The molecule has 0 aliphatic heterocycles. The maximum atomic E-state index is 10.9. The summed E-state index contributed by atoms with van der Waals surface area (Å²) in [5, 5.41) is 19.9.